The van der Waals surface area contributed by atoms with E-state index in [1.165, 1.54) is 0 Å². The molecule has 18 heavy (non-hydrogen) atoms. The Labute approximate surface area is 105 Å². The Hall–Kier alpha value is -2.04. The van der Waals surface area contributed by atoms with E-state index in [2.05, 4.69) is 0 Å². The molecule has 1 heterocycles. The number of hydrogen-bond acceptors (Lipinski definition) is 4. The zero-order valence-corrected chi connectivity index (χ0v) is 9.83. The summed E-state index contributed by atoms with van der Waals surface area (Å²) in [4.78, 5) is 23.8. The second kappa shape index (κ2) is 5.08. The van der Waals surface area contributed by atoms with E-state index < -0.39 is 11.9 Å². The van der Waals surface area contributed by atoms with Gasteiger partial charge in [0.15, 0.2) is 0 Å². The standard InChI is InChI=1S/C13H15NO4/c15-11-3-1-9(2-4-11)5-6-14-8-10(13(17)18)7-12(14)16/h1-4,10,15H,5-8H2,(H,17,18)/p-1/t10-/m1/s1. The van der Waals surface area contributed by atoms with Crippen LogP contribution in [0.3, 0.4) is 0 Å². The number of hydrogen-bond donors (Lipinski definition) is 1. The summed E-state index contributed by atoms with van der Waals surface area (Å²) in [5, 5.41) is 19.8. The molecule has 0 spiro atoms. The second-order valence-corrected chi connectivity index (χ2v) is 4.48. The number of carboxylic acids is 1. The molecule has 1 aliphatic heterocycles. The van der Waals surface area contributed by atoms with Crippen molar-refractivity contribution in [2.75, 3.05) is 13.1 Å². The van der Waals surface area contributed by atoms with Crippen LogP contribution in [0.15, 0.2) is 24.3 Å². The molecule has 1 saturated heterocycles. The summed E-state index contributed by atoms with van der Waals surface area (Å²) in [5.74, 6) is -1.77. The molecule has 0 radical (unpaired) electrons. The van der Waals surface area contributed by atoms with Gasteiger partial charge in [-0.25, -0.2) is 0 Å². The minimum absolute atomic E-state index is 0.0396. The number of phenolic OH excluding ortho intramolecular Hbond substituents is 1. The van der Waals surface area contributed by atoms with Gasteiger partial charge in [0.2, 0.25) is 5.91 Å². The molecule has 1 aromatic rings. The fraction of sp³-hybridized carbons (Fsp3) is 0.385. The maximum atomic E-state index is 11.6. The summed E-state index contributed by atoms with van der Waals surface area (Å²) in [5.41, 5.74) is 0.998. The van der Waals surface area contributed by atoms with Crippen LogP contribution in [0.25, 0.3) is 0 Å². The lowest BCUT2D eigenvalue weighted by molar-refractivity contribution is -0.311. The molecule has 0 unspecified atom stereocenters. The number of carboxylic acid groups (broad SMARTS) is 1. The zero-order chi connectivity index (χ0) is 13.1. The maximum Gasteiger partial charge on any atom is 0.223 e. The predicted molar refractivity (Wildman–Crippen MR) is 61.5 cm³/mol. The number of nitrogens with zero attached hydrogens (tertiary/aromatic N) is 1. The van der Waals surface area contributed by atoms with Crippen LogP contribution in [0.5, 0.6) is 5.75 Å². The first-order valence-corrected chi connectivity index (χ1v) is 5.83. The lowest BCUT2D eigenvalue weighted by Crippen LogP contribution is -2.34. The predicted octanol–water partition coefficient (Wildman–Crippen LogP) is -0.467. The topological polar surface area (TPSA) is 80.7 Å². The van der Waals surface area contributed by atoms with E-state index >= 15 is 0 Å². The number of aromatic hydroxyl groups is 1. The smallest absolute Gasteiger partial charge is 0.223 e. The van der Waals surface area contributed by atoms with Crippen LogP contribution in [0.1, 0.15) is 12.0 Å². The van der Waals surface area contributed by atoms with E-state index in [1.807, 2.05) is 0 Å². The molecule has 1 atom stereocenters. The summed E-state index contributed by atoms with van der Waals surface area (Å²) in [6.45, 7) is 0.729. The SMILES string of the molecule is O=C([O-])[C@@H]1CC(=O)N(CCc2ccc(O)cc2)C1. The van der Waals surface area contributed by atoms with Crippen molar-refractivity contribution in [3.05, 3.63) is 29.8 Å². The number of aliphatic carboxylic acids is 1. The molecule has 1 aliphatic rings. The van der Waals surface area contributed by atoms with Gasteiger partial charge < -0.3 is 19.9 Å². The fourth-order valence-electron chi connectivity index (χ4n) is 2.07. The summed E-state index contributed by atoms with van der Waals surface area (Å²) in [7, 11) is 0. The largest absolute Gasteiger partial charge is 0.550 e. The highest BCUT2D eigenvalue weighted by molar-refractivity contribution is 5.85. The van der Waals surface area contributed by atoms with Crippen LogP contribution in [-0.2, 0) is 16.0 Å². The highest BCUT2D eigenvalue weighted by Gasteiger charge is 2.29. The molecular weight excluding hydrogens is 234 g/mol. The first-order chi connectivity index (χ1) is 8.56. The summed E-state index contributed by atoms with van der Waals surface area (Å²) >= 11 is 0. The van der Waals surface area contributed by atoms with Crippen LogP contribution in [0.4, 0.5) is 0 Å². The van der Waals surface area contributed by atoms with Crippen molar-refractivity contribution >= 4 is 11.9 Å². The normalized spacial score (nSPS) is 19.2. The zero-order valence-electron chi connectivity index (χ0n) is 9.83. The number of carbonyl (C=O) groups excluding carboxylic acids is 2. The molecule has 96 valence electrons. The first kappa shape index (κ1) is 12.4. The van der Waals surface area contributed by atoms with E-state index in [0.717, 1.165) is 5.56 Å². The number of carbonyl (C=O) groups is 2. The van der Waals surface area contributed by atoms with Gasteiger partial charge in [-0.1, -0.05) is 12.1 Å². The molecule has 5 nitrogen and oxygen atoms in total. The summed E-state index contributed by atoms with van der Waals surface area (Å²) in [6, 6.07) is 6.74. The molecule has 1 fully saturated rings. The van der Waals surface area contributed by atoms with E-state index in [1.54, 1.807) is 29.2 Å². The Morgan fingerprint density at radius 3 is 2.61 bits per heavy atom. The molecule has 0 aliphatic carbocycles. The van der Waals surface area contributed by atoms with Crippen LogP contribution in [0, 0.1) is 5.92 Å². The lowest BCUT2D eigenvalue weighted by atomic mass is 10.1. The van der Waals surface area contributed by atoms with Gasteiger partial charge in [0, 0.05) is 31.4 Å². The number of amides is 1. The molecular formula is C13H14NO4-. The van der Waals surface area contributed by atoms with Crippen LogP contribution < -0.4 is 5.11 Å². The number of benzene rings is 1. The molecule has 0 saturated carbocycles. The fourth-order valence-corrected chi connectivity index (χ4v) is 2.07. The van der Waals surface area contributed by atoms with Crippen molar-refractivity contribution in [2.24, 2.45) is 5.92 Å². The van der Waals surface area contributed by atoms with Crippen LogP contribution >= 0.6 is 0 Å². The van der Waals surface area contributed by atoms with E-state index in [4.69, 9.17) is 5.11 Å². The molecule has 1 N–H and O–H groups in total. The molecule has 2 rings (SSSR count). The van der Waals surface area contributed by atoms with Gasteiger partial charge >= 0.3 is 0 Å². The van der Waals surface area contributed by atoms with Crippen molar-refractivity contribution in [3.63, 3.8) is 0 Å². The minimum atomic E-state index is -1.16. The van der Waals surface area contributed by atoms with Gasteiger partial charge in [0.25, 0.3) is 0 Å². The summed E-state index contributed by atoms with van der Waals surface area (Å²) in [6.07, 6.45) is 0.684. The van der Waals surface area contributed by atoms with Crippen molar-refractivity contribution < 1.29 is 19.8 Å². The molecule has 0 bridgehead atoms. The Kier molecular flexibility index (Phi) is 3.50. The monoisotopic (exact) mass is 248 g/mol. The van der Waals surface area contributed by atoms with Gasteiger partial charge in [0.1, 0.15) is 5.75 Å². The van der Waals surface area contributed by atoms with Gasteiger partial charge in [-0.15, -0.1) is 0 Å². The Morgan fingerprint density at radius 1 is 1.39 bits per heavy atom. The molecule has 0 aromatic heterocycles. The highest BCUT2D eigenvalue weighted by Crippen LogP contribution is 2.18. The van der Waals surface area contributed by atoms with Gasteiger partial charge in [-0.3, -0.25) is 4.79 Å². The van der Waals surface area contributed by atoms with Gasteiger partial charge in [0.05, 0.1) is 0 Å². The van der Waals surface area contributed by atoms with Gasteiger partial charge in [-0.05, 0) is 24.1 Å². The third-order valence-electron chi connectivity index (χ3n) is 3.15. The van der Waals surface area contributed by atoms with Crippen molar-refractivity contribution in [1.82, 2.24) is 4.90 Å². The quantitative estimate of drug-likeness (QED) is 0.781. The van der Waals surface area contributed by atoms with Crippen molar-refractivity contribution in [3.8, 4) is 5.75 Å². The van der Waals surface area contributed by atoms with E-state index in [9.17, 15) is 14.7 Å². The van der Waals surface area contributed by atoms with Crippen LogP contribution in [-0.4, -0.2) is 35.0 Å². The Balaban J connectivity index is 1.89. The van der Waals surface area contributed by atoms with Crippen molar-refractivity contribution in [1.29, 1.82) is 0 Å². The number of phenols is 1. The molecule has 1 amide bonds. The van der Waals surface area contributed by atoms with Gasteiger partial charge in [-0.2, -0.15) is 0 Å². The first-order valence-electron chi connectivity index (χ1n) is 5.83. The average molecular weight is 248 g/mol. The van der Waals surface area contributed by atoms with E-state index in [0.29, 0.717) is 13.0 Å². The maximum absolute atomic E-state index is 11.6. The number of likely N-dealkylation sites (tertiary alicyclic amines) is 1. The second-order valence-electron chi connectivity index (χ2n) is 4.48. The molecule has 5 heteroatoms. The minimum Gasteiger partial charge on any atom is -0.550 e. The molecule has 1 aromatic carbocycles. The van der Waals surface area contributed by atoms with Crippen molar-refractivity contribution in [2.45, 2.75) is 12.8 Å². The lowest BCUT2D eigenvalue weighted by Gasteiger charge is -2.16. The van der Waals surface area contributed by atoms with Crippen LogP contribution in [0.2, 0.25) is 0 Å². The Morgan fingerprint density at radius 2 is 2.06 bits per heavy atom. The third kappa shape index (κ3) is 2.80. The summed E-state index contributed by atoms with van der Waals surface area (Å²) < 4.78 is 0. The third-order valence-corrected chi connectivity index (χ3v) is 3.15. The average Bonchev–Trinajstić information content (AvgIpc) is 2.70. The van der Waals surface area contributed by atoms with E-state index in [-0.39, 0.29) is 24.6 Å². The highest BCUT2D eigenvalue weighted by atomic mass is 16.4. The Bertz CT molecular complexity index is 455. The number of rotatable bonds is 4.